The molecule has 0 saturated heterocycles. The third kappa shape index (κ3) is 4.88. The van der Waals surface area contributed by atoms with Gasteiger partial charge in [0.15, 0.2) is 6.61 Å². The Kier molecular flexibility index (Phi) is 6.42. The summed E-state index contributed by atoms with van der Waals surface area (Å²) >= 11 is 1.32. The van der Waals surface area contributed by atoms with Crippen LogP contribution in [0.25, 0.3) is 11.6 Å². The van der Waals surface area contributed by atoms with E-state index in [2.05, 4.69) is 0 Å². The van der Waals surface area contributed by atoms with Crippen LogP contribution in [0.2, 0.25) is 0 Å². The second-order valence-electron chi connectivity index (χ2n) is 5.26. The Morgan fingerprint density at radius 2 is 2.00 bits per heavy atom. The standard InChI is InChI=1S/C19H15FN2O3S/c1-12(22)16(10-21)17(23)11-25-19(24)15(18-3-2-8-26-18)9-13-4-6-14(20)7-5-13/h2-9H,11,22H2,1H3/b15-9+,16-12-. The Hall–Kier alpha value is -3.24. The fourth-order valence-electron chi connectivity index (χ4n) is 2.04. The average molecular weight is 370 g/mol. The molecule has 0 aliphatic carbocycles. The quantitative estimate of drug-likeness (QED) is 0.478. The summed E-state index contributed by atoms with van der Waals surface area (Å²) in [7, 11) is 0. The van der Waals surface area contributed by atoms with Crippen LogP contribution in [-0.4, -0.2) is 18.4 Å². The molecule has 2 rings (SSSR count). The molecule has 5 nitrogen and oxygen atoms in total. The van der Waals surface area contributed by atoms with Crippen LogP contribution in [0, 0.1) is 17.1 Å². The van der Waals surface area contributed by atoms with Gasteiger partial charge in [0, 0.05) is 10.6 Å². The van der Waals surface area contributed by atoms with Gasteiger partial charge in [0.25, 0.3) is 0 Å². The summed E-state index contributed by atoms with van der Waals surface area (Å²) in [5.74, 6) is -1.79. The van der Waals surface area contributed by atoms with Crippen molar-refractivity contribution in [1.82, 2.24) is 0 Å². The maximum Gasteiger partial charge on any atom is 0.340 e. The molecule has 2 N–H and O–H groups in total. The van der Waals surface area contributed by atoms with E-state index in [0.717, 1.165) is 0 Å². The number of ketones is 1. The van der Waals surface area contributed by atoms with Crippen molar-refractivity contribution < 1.29 is 18.7 Å². The summed E-state index contributed by atoms with van der Waals surface area (Å²) in [6.45, 7) is 0.826. The van der Waals surface area contributed by atoms with Crippen LogP contribution in [0.15, 0.2) is 53.0 Å². The predicted molar refractivity (Wildman–Crippen MR) is 97.1 cm³/mol. The lowest BCUT2D eigenvalue weighted by Crippen LogP contribution is -2.18. The summed E-state index contributed by atoms with van der Waals surface area (Å²) in [5, 5.41) is 10.7. The number of hydrogen-bond donors (Lipinski definition) is 1. The highest BCUT2D eigenvalue weighted by atomic mass is 32.1. The number of nitriles is 1. The van der Waals surface area contributed by atoms with Gasteiger partial charge in [-0.15, -0.1) is 11.3 Å². The molecule has 132 valence electrons. The molecule has 1 aromatic heterocycles. The number of ether oxygens (including phenoxy) is 1. The number of carbonyl (C=O) groups is 2. The molecule has 0 saturated carbocycles. The van der Waals surface area contributed by atoms with Crippen molar-refractivity contribution in [1.29, 1.82) is 5.26 Å². The number of nitrogens with zero attached hydrogens (tertiary/aromatic N) is 1. The van der Waals surface area contributed by atoms with Gasteiger partial charge in [-0.1, -0.05) is 18.2 Å². The Bertz CT molecular complexity index is 903. The summed E-state index contributed by atoms with van der Waals surface area (Å²) in [6, 6.07) is 10.8. The van der Waals surface area contributed by atoms with E-state index in [9.17, 15) is 14.0 Å². The normalized spacial score (nSPS) is 12.1. The monoisotopic (exact) mass is 370 g/mol. The molecule has 0 spiro atoms. The minimum atomic E-state index is -0.725. The van der Waals surface area contributed by atoms with Gasteiger partial charge < -0.3 is 10.5 Å². The first-order chi connectivity index (χ1) is 12.4. The van der Waals surface area contributed by atoms with E-state index in [1.54, 1.807) is 29.7 Å². The van der Waals surface area contributed by atoms with Crippen molar-refractivity contribution in [3.05, 3.63) is 69.3 Å². The number of thiophene rings is 1. The molecule has 0 radical (unpaired) electrons. The number of hydrogen-bond acceptors (Lipinski definition) is 6. The van der Waals surface area contributed by atoms with Crippen molar-refractivity contribution in [3.63, 3.8) is 0 Å². The van der Waals surface area contributed by atoms with E-state index in [1.165, 1.54) is 42.5 Å². The molecule has 0 unspecified atom stereocenters. The molecule has 0 atom stereocenters. The number of carbonyl (C=O) groups excluding carboxylic acids is 2. The first kappa shape index (κ1) is 19.1. The zero-order chi connectivity index (χ0) is 19.1. The number of allylic oxidation sites excluding steroid dienone is 1. The Morgan fingerprint density at radius 1 is 1.31 bits per heavy atom. The van der Waals surface area contributed by atoms with Gasteiger partial charge in [-0.25, -0.2) is 9.18 Å². The van der Waals surface area contributed by atoms with E-state index < -0.39 is 18.4 Å². The van der Waals surface area contributed by atoms with Gasteiger partial charge in [-0.2, -0.15) is 5.26 Å². The Morgan fingerprint density at radius 3 is 2.54 bits per heavy atom. The summed E-state index contributed by atoms with van der Waals surface area (Å²) in [4.78, 5) is 25.0. The van der Waals surface area contributed by atoms with Gasteiger partial charge in [0.05, 0.1) is 5.57 Å². The Balaban J connectivity index is 2.23. The topological polar surface area (TPSA) is 93.2 Å². The number of esters is 1. The molecule has 7 heteroatoms. The van der Waals surface area contributed by atoms with E-state index in [4.69, 9.17) is 15.7 Å². The number of halogens is 1. The summed E-state index contributed by atoms with van der Waals surface area (Å²) < 4.78 is 18.1. The lowest BCUT2D eigenvalue weighted by atomic mass is 10.1. The predicted octanol–water partition coefficient (Wildman–Crippen LogP) is 3.30. The number of nitrogens with two attached hydrogens (primary N) is 1. The summed E-state index contributed by atoms with van der Waals surface area (Å²) in [5.41, 5.74) is 6.12. The minimum absolute atomic E-state index is 0.0638. The van der Waals surface area contributed by atoms with Crippen LogP contribution >= 0.6 is 11.3 Å². The SMILES string of the molecule is C/C(N)=C(\C#N)C(=O)COC(=O)/C(=C/c1ccc(F)cc1)c1cccs1. The fourth-order valence-corrected chi connectivity index (χ4v) is 2.77. The molecule has 0 aliphatic rings. The van der Waals surface area contributed by atoms with Gasteiger partial charge in [-0.05, 0) is 42.1 Å². The molecule has 0 fully saturated rings. The van der Waals surface area contributed by atoms with Gasteiger partial charge in [0.2, 0.25) is 5.78 Å². The van der Waals surface area contributed by atoms with E-state index in [-0.39, 0.29) is 22.7 Å². The van der Waals surface area contributed by atoms with Crippen molar-refractivity contribution in [2.45, 2.75) is 6.92 Å². The molecule has 0 aliphatic heterocycles. The first-order valence-electron chi connectivity index (χ1n) is 7.50. The van der Waals surface area contributed by atoms with Crippen LogP contribution in [0.4, 0.5) is 4.39 Å². The Labute approximate surface area is 153 Å². The van der Waals surface area contributed by atoms with Crippen LogP contribution in [0.5, 0.6) is 0 Å². The molecular formula is C19H15FN2O3S. The van der Waals surface area contributed by atoms with Crippen LogP contribution in [-0.2, 0) is 14.3 Å². The maximum atomic E-state index is 13.1. The third-order valence-electron chi connectivity index (χ3n) is 3.31. The van der Waals surface area contributed by atoms with Gasteiger partial charge in [-0.3, -0.25) is 4.79 Å². The highest BCUT2D eigenvalue weighted by molar-refractivity contribution is 7.11. The highest BCUT2D eigenvalue weighted by Gasteiger charge is 2.19. The smallest absolute Gasteiger partial charge is 0.340 e. The van der Waals surface area contributed by atoms with Crippen LogP contribution < -0.4 is 5.73 Å². The highest BCUT2D eigenvalue weighted by Crippen LogP contribution is 2.24. The molecule has 0 bridgehead atoms. The lowest BCUT2D eigenvalue weighted by molar-refractivity contribution is -0.140. The lowest BCUT2D eigenvalue weighted by Gasteiger charge is -2.07. The van der Waals surface area contributed by atoms with Crippen molar-refractivity contribution in [2.24, 2.45) is 5.73 Å². The molecule has 2 aromatic rings. The molecular weight excluding hydrogens is 355 g/mol. The van der Waals surface area contributed by atoms with E-state index in [0.29, 0.717) is 10.4 Å². The maximum absolute atomic E-state index is 13.1. The van der Waals surface area contributed by atoms with Crippen molar-refractivity contribution >= 4 is 34.7 Å². The minimum Gasteiger partial charge on any atom is -0.454 e. The fraction of sp³-hybridized carbons (Fsp3) is 0.105. The molecule has 0 amide bonds. The zero-order valence-corrected chi connectivity index (χ0v) is 14.7. The number of Topliss-reactive ketones (excluding diaryl/α,β-unsaturated/α-hetero) is 1. The second-order valence-corrected chi connectivity index (χ2v) is 6.20. The van der Waals surface area contributed by atoms with Crippen molar-refractivity contribution in [3.8, 4) is 6.07 Å². The zero-order valence-electron chi connectivity index (χ0n) is 13.9. The van der Waals surface area contributed by atoms with E-state index >= 15 is 0 Å². The molecule has 1 aromatic carbocycles. The average Bonchev–Trinajstić information content (AvgIpc) is 3.13. The third-order valence-corrected chi connectivity index (χ3v) is 4.21. The van der Waals surface area contributed by atoms with Crippen LogP contribution in [0.3, 0.4) is 0 Å². The number of rotatable bonds is 6. The summed E-state index contributed by atoms with van der Waals surface area (Å²) in [6.07, 6.45) is 1.55. The molecule has 26 heavy (non-hydrogen) atoms. The van der Waals surface area contributed by atoms with Gasteiger partial charge >= 0.3 is 5.97 Å². The second kappa shape index (κ2) is 8.74. The number of benzene rings is 1. The van der Waals surface area contributed by atoms with E-state index in [1.807, 2.05) is 0 Å². The molecule has 1 heterocycles. The largest absolute Gasteiger partial charge is 0.454 e. The van der Waals surface area contributed by atoms with Crippen LogP contribution in [0.1, 0.15) is 17.4 Å². The first-order valence-corrected chi connectivity index (χ1v) is 8.38. The van der Waals surface area contributed by atoms with Crippen molar-refractivity contribution in [2.75, 3.05) is 6.61 Å². The van der Waals surface area contributed by atoms with Gasteiger partial charge in [0.1, 0.15) is 17.5 Å².